The third-order valence-corrected chi connectivity index (χ3v) is 4.97. The molecule has 20 heavy (non-hydrogen) atoms. The van der Waals surface area contributed by atoms with Gasteiger partial charge in [0.15, 0.2) is 0 Å². The molecule has 2 nitrogen and oxygen atoms in total. The summed E-state index contributed by atoms with van der Waals surface area (Å²) in [5.41, 5.74) is 1.03. The molecule has 0 aromatic heterocycles. The first-order valence-corrected chi connectivity index (χ1v) is 8.32. The van der Waals surface area contributed by atoms with Gasteiger partial charge in [-0.1, -0.05) is 48.0 Å². The highest BCUT2D eigenvalue weighted by molar-refractivity contribution is 9.10. The van der Waals surface area contributed by atoms with Crippen molar-refractivity contribution in [2.45, 2.75) is 51.4 Å². The van der Waals surface area contributed by atoms with Crippen LogP contribution in [0.5, 0.6) is 5.75 Å². The van der Waals surface area contributed by atoms with Crippen LogP contribution >= 0.6 is 15.9 Å². The molecule has 0 amide bonds. The minimum Gasteiger partial charge on any atom is -0.497 e. The Morgan fingerprint density at radius 3 is 2.75 bits per heavy atom. The molecule has 3 heteroatoms. The number of halogens is 1. The van der Waals surface area contributed by atoms with Crippen LogP contribution in [0, 0.1) is 5.92 Å². The summed E-state index contributed by atoms with van der Waals surface area (Å²) in [5, 5.41) is 0. The first-order valence-electron chi connectivity index (χ1n) is 7.53. The van der Waals surface area contributed by atoms with E-state index < -0.39 is 0 Å². The van der Waals surface area contributed by atoms with Crippen molar-refractivity contribution in [3.05, 3.63) is 28.2 Å². The molecule has 1 aromatic carbocycles. The zero-order valence-electron chi connectivity index (χ0n) is 12.2. The van der Waals surface area contributed by atoms with Crippen LogP contribution in [0.15, 0.2) is 22.7 Å². The van der Waals surface area contributed by atoms with Gasteiger partial charge in [-0.25, -0.2) is 0 Å². The molecule has 1 aliphatic carbocycles. The number of carbonyl (C=O) groups is 1. The van der Waals surface area contributed by atoms with E-state index in [0.717, 1.165) is 28.1 Å². The SMILES string of the molecule is COc1ccc(Br)c(CC(=O)CCC2CCCCC2)c1. The van der Waals surface area contributed by atoms with Crippen LogP contribution in [0.1, 0.15) is 50.5 Å². The zero-order chi connectivity index (χ0) is 14.4. The average molecular weight is 339 g/mol. The topological polar surface area (TPSA) is 26.3 Å². The second-order valence-electron chi connectivity index (χ2n) is 5.72. The molecule has 1 aliphatic rings. The van der Waals surface area contributed by atoms with Crippen molar-refractivity contribution in [3.63, 3.8) is 0 Å². The summed E-state index contributed by atoms with van der Waals surface area (Å²) >= 11 is 3.51. The normalized spacial score (nSPS) is 16.1. The van der Waals surface area contributed by atoms with Crippen LogP contribution < -0.4 is 4.74 Å². The molecule has 2 rings (SSSR count). The van der Waals surface area contributed by atoms with E-state index in [1.54, 1.807) is 7.11 Å². The summed E-state index contributed by atoms with van der Waals surface area (Å²) < 4.78 is 6.20. The quantitative estimate of drug-likeness (QED) is 0.735. The highest BCUT2D eigenvalue weighted by Gasteiger charge is 2.15. The average Bonchev–Trinajstić information content (AvgIpc) is 2.48. The molecule has 0 aliphatic heterocycles. The number of hydrogen-bond acceptors (Lipinski definition) is 2. The molecule has 0 bridgehead atoms. The van der Waals surface area contributed by atoms with E-state index in [2.05, 4.69) is 15.9 Å². The largest absolute Gasteiger partial charge is 0.497 e. The molecule has 0 N–H and O–H groups in total. The Labute approximate surface area is 130 Å². The second-order valence-corrected chi connectivity index (χ2v) is 6.57. The predicted octanol–water partition coefficient (Wildman–Crippen LogP) is 4.93. The van der Waals surface area contributed by atoms with Gasteiger partial charge in [-0.2, -0.15) is 0 Å². The number of rotatable bonds is 6. The number of Topliss-reactive ketones (excluding diaryl/α,β-unsaturated/α-hetero) is 1. The summed E-state index contributed by atoms with van der Waals surface area (Å²) in [6.45, 7) is 0. The molecule has 0 unspecified atom stereocenters. The van der Waals surface area contributed by atoms with E-state index in [-0.39, 0.29) is 0 Å². The standard InChI is InChI=1S/C17H23BrO2/c1-20-16-9-10-17(18)14(12-16)11-15(19)8-7-13-5-3-2-4-6-13/h9-10,12-13H,2-8,11H2,1H3. The maximum absolute atomic E-state index is 12.1. The fraction of sp³-hybridized carbons (Fsp3) is 0.588. The minimum atomic E-state index is 0.338. The van der Waals surface area contributed by atoms with Gasteiger partial charge in [0.05, 0.1) is 7.11 Å². The van der Waals surface area contributed by atoms with Crippen molar-refractivity contribution < 1.29 is 9.53 Å². The van der Waals surface area contributed by atoms with Crippen LogP contribution in [0.25, 0.3) is 0 Å². The third kappa shape index (κ3) is 4.62. The van der Waals surface area contributed by atoms with Crippen molar-refractivity contribution in [1.29, 1.82) is 0 Å². The monoisotopic (exact) mass is 338 g/mol. The molecular weight excluding hydrogens is 316 g/mol. The number of ketones is 1. The van der Waals surface area contributed by atoms with Gasteiger partial charge in [0, 0.05) is 17.3 Å². The molecule has 0 atom stereocenters. The first-order chi connectivity index (χ1) is 9.69. The van der Waals surface area contributed by atoms with Gasteiger partial charge >= 0.3 is 0 Å². The fourth-order valence-corrected chi connectivity index (χ4v) is 3.34. The van der Waals surface area contributed by atoms with E-state index in [0.29, 0.717) is 18.6 Å². The molecule has 0 heterocycles. The Balaban J connectivity index is 1.84. The summed E-state index contributed by atoms with van der Waals surface area (Å²) in [6.07, 6.45) is 8.99. The van der Waals surface area contributed by atoms with E-state index >= 15 is 0 Å². The van der Waals surface area contributed by atoms with Crippen molar-refractivity contribution in [2.75, 3.05) is 7.11 Å². The van der Waals surface area contributed by atoms with Crippen LogP contribution in [-0.2, 0) is 11.2 Å². The van der Waals surface area contributed by atoms with Gasteiger partial charge < -0.3 is 4.74 Å². The lowest BCUT2D eigenvalue weighted by Crippen LogP contribution is -2.10. The second kappa shape index (κ2) is 7.82. The van der Waals surface area contributed by atoms with Crippen LogP contribution in [-0.4, -0.2) is 12.9 Å². The fourth-order valence-electron chi connectivity index (χ4n) is 2.96. The molecule has 1 fully saturated rings. The molecule has 110 valence electrons. The number of methoxy groups -OCH3 is 1. The Hall–Kier alpha value is -0.830. The van der Waals surface area contributed by atoms with Gasteiger partial charge in [0.25, 0.3) is 0 Å². The molecule has 0 spiro atoms. The maximum Gasteiger partial charge on any atom is 0.137 e. The lowest BCUT2D eigenvalue weighted by molar-refractivity contribution is -0.118. The number of carbonyl (C=O) groups excluding carboxylic acids is 1. The summed E-state index contributed by atoms with van der Waals surface area (Å²) in [7, 11) is 1.65. The van der Waals surface area contributed by atoms with Gasteiger partial charge in [0.1, 0.15) is 11.5 Å². The highest BCUT2D eigenvalue weighted by atomic mass is 79.9. The van der Waals surface area contributed by atoms with Gasteiger partial charge in [-0.05, 0) is 36.1 Å². The van der Waals surface area contributed by atoms with E-state index in [9.17, 15) is 4.79 Å². The summed E-state index contributed by atoms with van der Waals surface area (Å²) in [5.74, 6) is 1.93. The smallest absolute Gasteiger partial charge is 0.137 e. The lowest BCUT2D eigenvalue weighted by Gasteiger charge is -2.20. The zero-order valence-corrected chi connectivity index (χ0v) is 13.7. The summed E-state index contributed by atoms with van der Waals surface area (Å²) in [6, 6.07) is 5.80. The van der Waals surface area contributed by atoms with E-state index in [1.807, 2.05) is 18.2 Å². The third-order valence-electron chi connectivity index (χ3n) is 4.20. The number of hydrogen-bond donors (Lipinski definition) is 0. The highest BCUT2D eigenvalue weighted by Crippen LogP contribution is 2.28. The van der Waals surface area contributed by atoms with Crippen molar-refractivity contribution in [3.8, 4) is 5.75 Å². The predicted molar refractivity (Wildman–Crippen MR) is 85.2 cm³/mol. The van der Waals surface area contributed by atoms with Gasteiger partial charge in [-0.3, -0.25) is 4.79 Å². The Bertz CT molecular complexity index is 450. The van der Waals surface area contributed by atoms with E-state index in [1.165, 1.54) is 32.1 Å². The van der Waals surface area contributed by atoms with Crippen LogP contribution in [0.4, 0.5) is 0 Å². The lowest BCUT2D eigenvalue weighted by atomic mass is 9.85. The number of ether oxygens (including phenoxy) is 1. The first kappa shape index (κ1) is 15.6. The van der Waals surface area contributed by atoms with Crippen molar-refractivity contribution >= 4 is 21.7 Å². The number of benzene rings is 1. The Kier molecular flexibility index (Phi) is 6.08. The van der Waals surface area contributed by atoms with Gasteiger partial charge in [0.2, 0.25) is 0 Å². The molecule has 0 radical (unpaired) electrons. The van der Waals surface area contributed by atoms with Crippen LogP contribution in [0.3, 0.4) is 0 Å². The van der Waals surface area contributed by atoms with Gasteiger partial charge in [-0.15, -0.1) is 0 Å². The van der Waals surface area contributed by atoms with Crippen molar-refractivity contribution in [2.24, 2.45) is 5.92 Å². The molecule has 0 saturated heterocycles. The van der Waals surface area contributed by atoms with Crippen molar-refractivity contribution in [1.82, 2.24) is 0 Å². The Morgan fingerprint density at radius 1 is 1.30 bits per heavy atom. The summed E-state index contributed by atoms with van der Waals surface area (Å²) in [4.78, 5) is 12.1. The molecule has 1 saturated carbocycles. The molecule has 1 aromatic rings. The van der Waals surface area contributed by atoms with E-state index in [4.69, 9.17) is 4.74 Å². The maximum atomic E-state index is 12.1. The van der Waals surface area contributed by atoms with Crippen LogP contribution in [0.2, 0.25) is 0 Å². The minimum absolute atomic E-state index is 0.338. The molecular formula is C17H23BrO2. The Morgan fingerprint density at radius 2 is 2.05 bits per heavy atom.